The van der Waals surface area contributed by atoms with Gasteiger partial charge in [-0.05, 0) is 35.9 Å². The Morgan fingerprint density at radius 1 is 0.950 bits per heavy atom. The van der Waals surface area contributed by atoms with Gasteiger partial charge in [0.25, 0.3) is 0 Å². The molecule has 1 aliphatic rings. The Labute approximate surface area is 119 Å². The van der Waals surface area contributed by atoms with Crippen LogP contribution in [-0.2, 0) is 6.42 Å². The first-order chi connectivity index (χ1) is 9.81. The Kier molecular flexibility index (Phi) is 2.53. The first-order valence-electron chi connectivity index (χ1n) is 7.15. The zero-order valence-electron chi connectivity index (χ0n) is 11.6. The van der Waals surface area contributed by atoms with Crippen molar-refractivity contribution in [1.29, 1.82) is 0 Å². The second-order valence-corrected chi connectivity index (χ2v) is 5.64. The van der Waals surface area contributed by atoms with E-state index in [1.54, 1.807) is 0 Å². The zero-order chi connectivity index (χ0) is 13.5. The molecule has 1 nitrogen and oxygen atoms in total. The average Bonchev–Trinajstić information content (AvgIpc) is 2.48. The smallest absolute Gasteiger partial charge is 0.0554 e. The van der Waals surface area contributed by atoms with Gasteiger partial charge in [0.1, 0.15) is 0 Å². The lowest BCUT2D eigenvalue weighted by atomic mass is 9.90. The molecule has 98 valence electrons. The van der Waals surface area contributed by atoms with E-state index in [2.05, 4.69) is 72.9 Å². The van der Waals surface area contributed by atoms with Gasteiger partial charge in [-0.1, -0.05) is 60.2 Å². The number of anilines is 1. The van der Waals surface area contributed by atoms with Gasteiger partial charge in [-0.25, -0.2) is 0 Å². The number of nitrogens with one attached hydrogen (secondary N) is 1. The minimum absolute atomic E-state index is 0.371. The summed E-state index contributed by atoms with van der Waals surface area (Å²) in [6.07, 6.45) is 1.05. The molecule has 0 saturated heterocycles. The van der Waals surface area contributed by atoms with E-state index >= 15 is 0 Å². The molecule has 0 radical (unpaired) electrons. The summed E-state index contributed by atoms with van der Waals surface area (Å²) in [4.78, 5) is 0. The standard InChI is InChI=1S/C19H17N/c1-13-5-2-8-15(11-13)18-12-16-9-3-6-14-7-4-10-17(20-18)19(14)16/h2-11,18,20H,12H2,1H3. The molecule has 1 unspecified atom stereocenters. The van der Waals surface area contributed by atoms with E-state index in [1.165, 1.54) is 33.2 Å². The Balaban J connectivity index is 1.83. The maximum Gasteiger partial charge on any atom is 0.0554 e. The lowest BCUT2D eigenvalue weighted by Crippen LogP contribution is -2.18. The fourth-order valence-electron chi connectivity index (χ4n) is 3.26. The molecule has 1 N–H and O–H groups in total. The molecule has 0 aliphatic carbocycles. The van der Waals surface area contributed by atoms with Crippen LogP contribution in [0.5, 0.6) is 0 Å². The fourth-order valence-corrected chi connectivity index (χ4v) is 3.26. The van der Waals surface area contributed by atoms with Crippen LogP contribution >= 0.6 is 0 Å². The Morgan fingerprint density at radius 2 is 1.75 bits per heavy atom. The van der Waals surface area contributed by atoms with Crippen LogP contribution in [-0.4, -0.2) is 0 Å². The van der Waals surface area contributed by atoms with Crippen molar-refractivity contribution in [2.45, 2.75) is 19.4 Å². The maximum atomic E-state index is 3.70. The van der Waals surface area contributed by atoms with Crippen LogP contribution < -0.4 is 5.32 Å². The third-order valence-electron chi connectivity index (χ3n) is 4.19. The molecule has 3 aromatic carbocycles. The van der Waals surface area contributed by atoms with Gasteiger partial charge < -0.3 is 5.32 Å². The molecular formula is C19H17N. The minimum Gasteiger partial charge on any atom is -0.377 e. The van der Waals surface area contributed by atoms with Crippen molar-refractivity contribution in [1.82, 2.24) is 0 Å². The van der Waals surface area contributed by atoms with Crippen LogP contribution in [0.15, 0.2) is 60.7 Å². The molecule has 0 aromatic heterocycles. The van der Waals surface area contributed by atoms with Crippen molar-refractivity contribution >= 4 is 16.5 Å². The van der Waals surface area contributed by atoms with Gasteiger partial charge >= 0.3 is 0 Å². The fraction of sp³-hybridized carbons (Fsp3) is 0.158. The van der Waals surface area contributed by atoms with Crippen LogP contribution in [0.25, 0.3) is 10.8 Å². The van der Waals surface area contributed by atoms with Gasteiger partial charge in [0.05, 0.1) is 6.04 Å². The highest BCUT2D eigenvalue weighted by atomic mass is 14.9. The number of benzene rings is 3. The molecule has 1 heteroatoms. The topological polar surface area (TPSA) is 12.0 Å². The van der Waals surface area contributed by atoms with Crippen molar-refractivity contribution in [2.24, 2.45) is 0 Å². The molecule has 3 aromatic rings. The lowest BCUT2D eigenvalue weighted by Gasteiger charge is -2.28. The maximum absolute atomic E-state index is 3.70. The normalized spacial score (nSPS) is 16.9. The van der Waals surface area contributed by atoms with Crippen molar-refractivity contribution in [3.8, 4) is 0 Å². The summed E-state index contributed by atoms with van der Waals surface area (Å²) in [5.41, 5.74) is 5.40. The second kappa shape index (κ2) is 4.38. The summed E-state index contributed by atoms with van der Waals surface area (Å²) in [7, 11) is 0. The van der Waals surface area contributed by atoms with E-state index in [1.807, 2.05) is 0 Å². The first kappa shape index (κ1) is 11.5. The van der Waals surface area contributed by atoms with E-state index in [4.69, 9.17) is 0 Å². The monoisotopic (exact) mass is 259 g/mol. The third kappa shape index (κ3) is 1.78. The van der Waals surface area contributed by atoms with E-state index in [0.29, 0.717) is 6.04 Å². The number of hydrogen-bond donors (Lipinski definition) is 1. The Morgan fingerprint density at radius 3 is 2.60 bits per heavy atom. The third-order valence-corrected chi connectivity index (χ3v) is 4.19. The largest absolute Gasteiger partial charge is 0.377 e. The zero-order valence-corrected chi connectivity index (χ0v) is 11.6. The molecule has 0 saturated carbocycles. The van der Waals surface area contributed by atoms with E-state index < -0.39 is 0 Å². The van der Waals surface area contributed by atoms with Gasteiger partial charge in [0.2, 0.25) is 0 Å². The summed E-state index contributed by atoms with van der Waals surface area (Å²) < 4.78 is 0. The number of hydrogen-bond acceptors (Lipinski definition) is 1. The van der Waals surface area contributed by atoms with Crippen molar-refractivity contribution in [3.05, 3.63) is 77.4 Å². The molecule has 1 atom stereocenters. The summed E-state index contributed by atoms with van der Waals surface area (Å²) >= 11 is 0. The predicted molar refractivity (Wildman–Crippen MR) is 85.2 cm³/mol. The van der Waals surface area contributed by atoms with E-state index in [9.17, 15) is 0 Å². The van der Waals surface area contributed by atoms with Gasteiger partial charge in [-0.2, -0.15) is 0 Å². The molecule has 0 amide bonds. The molecule has 20 heavy (non-hydrogen) atoms. The minimum atomic E-state index is 0.371. The Hall–Kier alpha value is -2.28. The van der Waals surface area contributed by atoms with Crippen LogP contribution in [0.4, 0.5) is 5.69 Å². The van der Waals surface area contributed by atoms with Crippen molar-refractivity contribution in [2.75, 3.05) is 5.32 Å². The molecule has 0 bridgehead atoms. The summed E-state index contributed by atoms with van der Waals surface area (Å²) in [6, 6.07) is 22.3. The summed E-state index contributed by atoms with van der Waals surface area (Å²) in [6.45, 7) is 2.15. The summed E-state index contributed by atoms with van der Waals surface area (Å²) in [5.74, 6) is 0. The average molecular weight is 259 g/mol. The molecule has 0 spiro atoms. The van der Waals surface area contributed by atoms with Gasteiger partial charge in [0, 0.05) is 11.1 Å². The summed E-state index contributed by atoms with van der Waals surface area (Å²) in [5, 5.41) is 6.42. The number of rotatable bonds is 1. The second-order valence-electron chi connectivity index (χ2n) is 5.64. The van der Waals surface area contributed by atoms with E-state index in [-0.39, 0.29) is 0 Å². The van der Waals surface area contributed by atoms with Gasteiger partial charge in [-0.3, -0.25) is 0 Å². The first-order valence-corrected chi connectivity index (χ1v) is 7.15. The van der Waals surface area contributed by atoms with Crippen LogP contribution in [0.3, 0.4) is 0 Å². The highest BCUT2D eigenvalue weighted by Gasteiger charge is 2.20. The molecular weight excluding hydrogens is 242 g/mol. The molecule has 0 fully saturated rings. The molecule has 1 heterocycles. The predicted octanol–water partition coefficient (Wildman–Crippen LogP) is 4.86. The Bertz CT molecular complexity index is 748. The van der Waals surface area contributed by atoms with Crippen molar-refractivity contribution < 1.29 is 0 Å². The van der Waals surface area contributed by atoms with E-state index in [0.717, 1.165) is 6.42 Å². The van der Waals surface area contributed by atoms with Crippen LogP contribution in [0, 0.1) is 6.92 Å². The SMILES string of the molecule is Cc1cccc(C2Cc3cccc4cccc(c34)N2)c1. The van der Waals surface area contributed by atoms with Gasteiger partial charge in [0.15, 0.2) is 0 Å². The quantitative estimate of drug-likeness (QED) is 0.658. The van der Waals surface area contributed by atoms with Crippen LogP contribution in [0.1, 0.15) is 22.7 Å². The van der Waals surface area contributed by atoms with Gasteiger partial charge in [-0.15, -0.1) is 0 Å². The van der Waals surface area contributed by atoms with Crippen LogP contribution in [0.2, 0.25) is 0 Å². The van der Waals surface area contributed by atoms with Crippen molar-refractivity contribution in [3.63, 3.8) is 0 Å². The number of aryl methyl sites for hydroxylation is 1. The lowest BCUT2D eigenvalue weighted by molar-refractivity contribution is 0.769. The molecule has 1 aliphatic heterocycles. The highest BCUT2D eigenvalue weighted by Crippen LogP contribution is 2.37. The molecule has 4 rings (SSSR count). The highest BCUT2D eigenvalue weighted by molar-refractivity contribution is 5.97.